The molecular formula is C16H28N2O. The summed E-state index contributed by atoms with van der Waals surface area (Å²) in [5, 5.41) is 3.64. The smallest absolute Gasteiger partial charge is 0.105 e. The van der Waals surface area contributed by atoms with Crippen molar-refractivity contribution in [3.63, 3.8) is 0 Å². The van der Waals surface area contributed by atoms with Crippen LogP contribution in [-0.2, 0) is 0 Å². The van der Waals surface area contributed by atoms with E-state index in [1.54, 1.807) is 0 Å². The van der Waals surface area contributed by atoms with Crippen molar-refractivity contribution in [1.82, 2.24) is 10.2 Å². The number of nitrogens with one attached hydrogen (secondary N) is 1. The number of hydrogen-bond acceptors (Lipinski definition) is 3. The lowest BCUT2D eigenvalue weighted by molar-refractivity contribution is 0.180. The molecule has 1 fully saturated rings. The van der Waals surface area contributed by atoms with Crippen molar-refractivity contribution in [3.8, 4) is 0 Å². The maximum Gasteiger partial charge on any atom is 0.105 e. The largest absolute Gasteiger partial charge is 0.466 e. The van der Waals surface area contributed by atoms with Crippen molar-refractivity contribution in [2.45, 2.75) is 59.0 Å². The first-order chi connectivity index (χ1) is 9.11. The van der Waals surface area contributed by atoms with Gasteiger partial charge in [-0.15, -0.1) is 0 Å². The van der Waals surface area contributed by atoms with E-state index in [1.807, 2.05) is 6.92 Å². The second-order valence-electron chi connectivity index (χ2n) is 5.78. The van der Waals surface area contributed by atoms with Gasteiger partial charge >= 0.3 is 0 Å². The highest BCUT2D eigenvalue weighted by Gasteiger charge is 2.22. The topological polar surface area (TPSA) is 28.4 Å². The number of hydrogen-bond donors (Lipinski definition) is 1. The molecule has 1 aromatic rings. The van der Waals surface area contributed by atoms with Gasteiger partial charge in [0.2, 0.25) is 0 Å². The third-order valence-corrected chi connectivity index (χ3v) is 4.39. The molecule has 1 aliphatic rings. The summed E-state index contributed by atoms with van der Waals surface area (Å²) < 4.78 is 5.69. The molecule has 0 aromatic carbocycles. The van der Waals surface area contributed by atoms with Gasteiger partial charge in [0.05, 0.1) is 0 Å². The minimum Gasteiger partial charge on any atom is -0.466 e. The fraction of sp³-hybridized carbons (Fsp3) is 0.750. The quantitative estimate of drug-likeness (QED) is 0.906. The minimum atomic E-state index is 0.466. The van der Waals surface area contributed by atoms with Crippen LogP contribution in [0.4, 0.5) is 0 Å². The van der Waals surface area contributed by atoms with Crippen LogP contribution in [0.25, 0.3) is 0 Å². The second-order valence-corrected chi connectivity index (χ2v) is 5.78. The summed E-state index contributed by atoms with van der Waals surface area (Å²) in [6, 6.07) is 3.35. The Morgan fingerprint density at radius 1 is 1.42 bits per heavy atom. The molecule has 0 spiro atoms. The number of nitrogens with zero attached hydrogens (tertiary/aromatic N) is 1. The van der Waals surface area contributed by atoms with Crippen LogP contribution < -0.4 is 5.32 Å². The van der Waals surface area contributed by atoms with Crippen LogP contribution in [0.2, 0.25) is 0 Å². The highest BCUT2D eigenvalue weighted by Crippen LogP contribution is 2.27. The van der Waals surface area contributed by atoms with E-state index in [4.69, 9.17) is 4.42 Å². The normalized spacial score (nSPS) is 23.9. The predicted octanol–water partition coefficient (Wildman–Crippen LogP) is 3.42. The van der Waals surface area contributed by atoms with Crippen LogP contribution in [0.15, 0.2) is 10.5 Å². The Kier molecular flexibility index (Phi) is 5.06. The van der Waals surface area contributed by atoms with E-state index in [1.165, 1.54) is 37.9 Å². The molecule has 3 heteroatoms. The maximum atomic E-state index is 5.69. The van der Waals surface area contributed by atoms with Crippen molar-refractivity contribution >= 4 is 0 Å². The zero-order valence-electron chi connectivity index (χ0n) is 12.8. The molecule has 2 unspecified atom stereocenters. The van der Waals surface area contributed by atoms with Crippen LogP contribution in [-0.4, -0.2) is 30.6 Å². The van der Waals surface area contributed by atoms with E-state index in [-0.39, 0.29) is 0 Å². The minimum absolute atomic E-state index is 0.466. The van der Waals surface area contributed by atoms with E-state index >= 15 is 0 Å². The molecule has 3 nitrogen and oxygen atoms in total. The van der Waals surface area contributed by atoms with Crippen LogP contribution >= 0.6 is 0 Å². The van der Waals surface area contributed by atoms with Crippen molar-refractivity contribution in [3.05, 3.63) is 23.2 Å². The average Bonchev–Trinajstić information content (AvgIpc) is 2.68. The van der Waals surface area contributed by atoms with Crippen molar-refractivity contribution in [2.24, 2.45) is 0 Å². The van der Waals surface area contributed by atoms with Gasteiger partial charge in [-0.05, 0) is 59.2 Å². The summed E-state index contributed by atoms with van der Waals surface area (Å²) in [7, 11) is 0. The van der Waals surface area contributed by atoms with Gasteiger partial charge in [-0.2, -0.15) is 0 Å². The molecule has 2 heterocycles. The molecular weight excluding hydrogens is 236 g/mol. The van der Waals surface area contributed by atoms with E-state index in [2.05, 4.69) is 37.1 Å². The maximum absolute atomic E-state index is 5.69. The third kappa shape index (κ3) is 3.61. The highest BCUT2D eigenvalue weighted by atomic mass is 16.3. The van der Waals surface area contributed by atoms with Gasteiger partial charge in [-0.3, -0.25) is 4.90 Å². The summed E-state index contributed by atoms with van der Waals surface area (Å²) in [5.41, 5.74) is 1.36. The second kappa shape index (κ2) is 6.58. The lowest BCUT2D eigenvalue weighted by atomic mass is 10.0. The molecule has 19 heavy (non-hydrogen) atoms. The van der Waals surface area contributed by atoms with E-state index in [9.17, 15) is 0 Å². The molecule has 2 atom stereocenters. The average molecular weight is 264 g/mol. The molecule has 1 aliphatic heterocycles. The Balaban J connectivity index is 2.04. The molecule has 1 saturated heterocycles. The molecule has 0 bridgehead atoms. The zero-order chi connectivity index (χ0) is 13.8. The predicted molar refractivity (Wildman–Crippen MR) is 79.5 cm³/mol. The van der Waals surface area contributed by atoms with Gasteiger partial charge in [-0.25, -0.2) is 0 Å². The van der Waals surface area contributed by atoms with Gasteiger partial charge in [0.25, 0.3) is 0 Å². The van der Waals surface area contributed by atoms with Crippen molar-refractivity contribution in [1.29, 1.82) is 0 Å². The molecule has 0 amide bonds. The van der Waals surface area contributed by atoms with Crippen molar-refractivity contribution in [2.75, 3.05) is 19.6 Å². The van der Waals surface area contributed by atoms with Gasteiger partial charge in [0.1, 0.15) is 11.5 Å². The first-order valence-corrected chi connectivity index (χ1v) is 7.66. The fourth-order valence-corrected chi connectivity index (χ4v) is 3.12. The Bertz CT molecular complexity index is 399. The Morgan fingerprint density at radius 2 is 2.21 bits per heavy atom. The number of rotatable bonds is 3. The zero-order valence-corrected chi connectivity index (χ0v) is 12.8. The van der Waals surface area contributed by atoms with Crippen LogP contribution in [0.5, 0.6) is 0 Å². The van der Waals surface area contributed by atoms with Gasteiger partial charge in [0.15, 0.2) is 0 Å². The molecule has 0 saturated carbocycles. The van der Waals surface area contributed by atoms with Gasteiger partial charge in [0, 0.05) is 24.2 Å². The summed E-state index contributed by atoms with van der Waals surface area (Å²) in [4.78, 5) is 2.61. The first-order valence-electron chi connectivity index (χ1n) is 7.66. The SMILES string of the molecule is CCC1CCN(C(C)c2cc(C)oc2C)CCCN1. The summed E-state index contributed by atoms with van der Waals surface area (Å²) in [5.74, 6) is 2.11. The summed E-state index contributed by atoms with van der Waals surface area (Å²) >= 11 is 0. The van der Waals surface area contributed by atoms with Gasteiger partial charge in [-0.1, -0.05) is 6.92 Å². The molecule has 1 aromatic heterocycles. The Hall–Kier alpha value is -0.800. The Labute approximate surface area is 117 Å². The molecule has 0 radical (unpaired) electrons. The molecule has 2 rings (SSSR count). The van der Waals surface area contributed by atoms with E-state index < -0.39 is 0 Å². The lowest BCUT2D eigenvalue weighted by Gasteiger charge is -2.33. The summed E-state index contributed by atoms with van der Waals surface area (Å²) in [6.07, 6.45) is 3.71. The first kappa shape index (κ1) is 14.6. The third-order valence-electron chi connectivity index (χ3n) is 4.39. The molecule has 1 N–H and O–H groups in total. The lowest BCUT2D eigenvalue weighted by Crippen LogP contribution is -2.40. The van der Waals surface area contributed by atoms with E-state index in [0.29, 0.717) is 12.1 Å². The molecule has 108 valence electrons. The van der Waals surface area contributed by atoms with Crippen LogP contribution in [0, 0.1) is 13.8 Å². The van der Waals surface area contributed by atoms with Crippen LogP contribution in [0.3, 0.4) is 0 Å². The Morgan fingerprint density at radius 3 is 2.84 bits per heavy atom. The summed E-state index contributed by atoms with van der Waals surface area (Å²) in [6.45, 7) is 12.2. The number of aryl methyl sites for hydroxylation is 2. The fourth-order valence-electron chi connectivity index (χ4n) is 3.12. The highest BCUT2D eigenvalue weighted by molar-refractivity contribution is 5.23. The number of furan rings is 1. The van der Waals surface area contributed by atoms with Gasteiger partial charge < -0.3 is 9.73 Å². The standard InChI is InChI=1S/C16H28N2O/c1-5-15-7-10-18(9-6-8-17-15)13(3)16-11-12(2)19-14(16)4/h11,13,15,17H,5-10H2,1-4H3. The monoisotopic (exact) mass is 264 g/mol. The van der Waals surface area contributed by atoms with Crippen molar-refractivity contribution < 1.29 is 4.42 Å². The van der Waals surface area contributed by atoms with E-state index in [0.717, 1.165) is 18.1 Å². The molecule has 0 aliphatic carbocycles. The van der Waals surface area contributed by atoms with Crippen LogP contribution in [0.1, 0.15) is 56.2 Å².